The van der Waals surface area contributed by atoms with E-state index >= 15 is 0 Å². The van der Waals surface area contributed by atoms with E-state index in [4.69, 9.17) is 4.74 Å². The van der Waals surface area contributed by atoms with Crippen LogP contribution >= 0.6 is 0 Å². The highest BCUT2D eigenvalue weighted by atomic mass is 19.1. The Kier molecular flexibility index (Phi) is 5.50. The Morgan fingerprint density at radius 1 is 1.20 bits per heavy atom. The van der Waals surface area contributed by atoms with Crippen molar-refractivity contribution in [1.29, 1.82) is 0 Å². The van der Waals surface area contributed by atoms with E-state index in [9.17, 15) is 14.3 Å². The molecule has 3 rings (SSSR count). The maximum Gasteiger partial charge on any atom is 0.314 e. The highest BCUT2D eigenvalue weighted by Gasteiger charge is 2.12. The minimum atomic E-state index is -0.872. The van der Waals surface area contributed by atoms with Gasteiger partial charge in [0.05, 0.1) is 12.7 Å². The molecule has 6 heteroatoms. The van der Waals surface area contributed by atoms with Gasteiger partial charge in [-0.15, -0.1) is 0 Å². The molecule has 0 saturated carbocycles. The Balaban J connectivity index is 1.38. The van der Waals surface area contributed by atoms with E-state index in [0.717, 1.165) is 30.8 Å². The number of halogens is 1. The van der Waals surface area contributed by atoms with Gasteiger partial charge in [-0.2, -0.15) is 0 Å². The third-order valence-electron chi connectivity index (χ3n) is 4.16. The molecule has 0 bridgehead atoms. The van der Waals surface area contributed by atoms with Gasteiger partial charge in [-0.3, -0.25) is 0 Å². The number of carbonyl (C=O) groups is 1. The Morgan fingerprint density at radius 2 is 2.00 bits per heavy atom. The molecule has 0 fully saturated rings. The van der Waals surface area contributed by atoms with Gasteiger partial charge in [0, 0.05) is 19.5 Å². The van der Waals surface area contributed by atoms with Crippen LogP contribution in [0, 0.1) is 5.82 Å². The van der Waals surface area contributed by atoms with Gasteiger partial charge in [0.2, 0.25) is 0 Å². The number of hydrogen-bond donors (Lipinski definition) is 3. The molecular formula is C19H21FN2O3. The van der Waals surface area contributed by atoms with Gasteiger partial charge in [0.1, 0.15) is 11.6 Å². The van der Waals surface area contributed by atoms with E-state index < -0.39 is 6.10 Å². The molecular weight excluding hydrogens is 323 g/mol. The van der Waals surface area contributed by atoms with Crippen LogP contribution < -0.4 is 15.4 Å². The fraction of sp³-hybridized carbons (Fsp3) is 0.316. The van der Waals surface area contributed by atoms with Crippen LogP contribution in [0.5, 0.6) is 5.75 Å². The number of nitrogens with one attached hydrogen (secondary N) is 2. The summed E-state index contributed by atoms with van der Waals surface area (Å²) in [6.07, 6.45) is 0.780. The molecule has 1 aliphatic rings. The lowest BCUT2D eigenvalue weighted by Gasteiger charge is -2.13. The molecule has 1 aliphatic heterocycles. The first kappa shape index (κ1) is 17.2. The van der Waals surface area contributed by atoms with Crippen molar-refractivity contribution < 1.29 is 19.0 Å². The van der Waals surface area contributed by atoms with Gasteiger partial charge in [-0.1, -0.05) is 24.3 Å². The summed E-state index contributed by atoms with van der Waals surface area (Å²) in [6.45, 7) is 1.29. The number of fused-ring (bicyclic) bond motifs is 1. The lowest BCUT2D eigenvalue weighted by atomic mass is 10.1. The minimum Gasteiger partial charge on any atom is -0.493 e. The van der Waals surface area contributed by atoms with Crippen LogP contribution in [0.2, 0.25) is 0 Å². The van der Waals surface area contributed by atoms with Crippen LogP contribution in [0.1, 0.15) is 22.8 Å². The van der Waals surface area contributed by atoms with Gasteiger partial charge in [0.25, 0.3) is 0 Å². The van der Waals surface area contributed by atoms with Gasteiger partial charge < -0.3 is 20.5 Å². The van der Waals surface area contributed by atoms with E-state index in [-0.39, 0.29) is 18.4 Å². The van der Waals surface area contributed by atoms with Gasteiger partial charge in [-0.05, 0) is 41.3 Å². The van der Waals surface area contributed by atoms with Crippen LogP contribution in [0.4, 0.5) is 9.18 Å². The van der Waals surface area contributed by atoms with Crippen molar-refractivity contribution in [3.63, 3.8) is 0 Å². The molecule has 0 aliphatic carbocycles. The summed E-state index contributed by atoms with van der Waals surface area (Å²) in [7, 11) is 0. The summed E-state index contributed by atoms with van der Waals surface area (Å²) >= 11 is 0. The summed E-state index contributed by atoms with van der Waals surface area (Å²) in [5.41, 5.74) is 2.92. The number of benzene rings is 2. The van der Waals surface area contributed by atoms with Crippen LogP contribution in [0.15, 0.2) is 42.5 Å². The lowest BCUT2D eigenvalue weighted by Crippen LogP contribution is -2.38. The second-order valence-corrected chi connectivity index (χ2v) is 5.99. The van der Waals surface area contributed by atoms with Crippen molar-refractivity contribution in [2.45, 2.75) is 18.9 Å². The predicted molar refractivity (Wildman–Crippen MR) is 92.1 cm³/mol. The third kappa shape index (κ3) is 4.70. The molecule has 1 atom stereocenters. The fourth-order valence-electron chi connectivity index (χ4n) is 2.77. The van der Waals surface area contributed by atoms with Crippen molar-refractivity contribution in [3.05, 3.63) is 65.0 Å². The average Bonchev–Trinajstić information content (AvgIpc) is 3.08. The summed E-state index contributed by atoms with van der Waals surface area (Å²) < 4.78 is 18.3. The molecule has 0 radical (unpaired) electrons. The van der Waals surface area contributed by atoms with E-state index in [1.807, 2.05) is 12.1 Å². The highest BCUT2D eigenvalue weighted by Crippen LogP contribution is 2.25. The summed E-state index contributed by atoms with van der Waals surface area (Å²) in [6, 6.07) is 11.3. The molecule has 0 aromatic heterocycles. The summed E-state index contributed by atoms with van der Waals surface area (Å²) in [5.74, 6) is 0.587. The summed E-state index contributed by atoms with van der Waals surface area (Å²) in [4.78, 5) is 11.8. The molecule has 0 saturated heterocycles. The van der Waals surface area contributed by atoms with Crippen LogP contribution in [0.25, 0.3) is 0 Å². The average molecular weight is 344 g/mol. The Morgan fingerprint density at radius 3 is 2.80 bits per heavy atom. The molecule has 3 N–H and O–H groups in total. The zero-order valence-corrected chi connectivity index (χ0v) is 13.8. The monoisotopic (exact) mass is 344 g/mol. The summed E-state index contributed by atoms with van der Waals surface area (Å²) in [5, 5.41) is 15.3. The molecule has 132 valence electrons. The smallest absolute Gasteiger partial charge is 0.314 e. The molecule has 25 heavy (non-hydrogen) atoms. The highest BCUT2D eigenvalue weighted by molar-refractivity contribution is 5.73. The Hall–Kier alpha value is -2.60. The zero-order chi connectivity index (χ0) is 17.6. The number of aliphatic hydroxyl groups excluding tert-OH is 1. The van der Waals surface area contributed by atoms with Gasteiger partial charge >= 0.3 is 6.03 Å². The number of urea groups is 1. The molecule has 5 nitrogen and oxygen atoms in total. The molecule has 0 spiro atoms. The van der Waals surface area contributed by atoms with Crippen LogP contribution in [-0.4, -0.2) is 30.8 Å². The Bertz CT molecular complexity index is 734. The standard InChI is InChI=1S/C19H21FN2O3/c20-16-4-2-14(3-5-16)17(23)12-22-19(24)21-9-7-13-1-6-18-15(11-13)8-10-25-18/h1-6,11,17,23H,7-10,12H2,(H2,21,22,24). The number of aliphatic hydroxyl groups is 1. The zero-order valence-electron chi connectivity index (χ0n) is 13.8. The van der Waals surface area contributed by atoms with Crippen molar-refractivity contribution in [2.75, 3.05) is 19.7 Å². The van der Waals surface area contributed by atoms with Crippen LogP contribution in [0.3, 0.4) is 0 Å². The van der Waals surface area contributed by atoms with Crippen molar-refractivity contribution in [3.8, 4) is 5.75 Å². The number of amides is 2. The van der Waals surface area contributed by atoms with Gasteiger partial charge in [-0.25, -0.2) is 9.18 Å². The Labute approximate surface area is 145 Å². The quantitative estimate of drug-likeness (QED) is 0.753. The second-order valence-electron chi connectivity index (χ2n) is 5.99. The molecule has 2 amide bonds. The SMILES string of the molecule is O=C(NCCc1ccc2c(c1)CCO2)NCC(O)c1ccc(F)cc1. The number of rotatable bonds is 6. The normalized spacial score (nSPS) is 13.7. The second kappa shape index (κ2) is 7.98. The van der Waals surface area contributed by atoms with Gasteiger partial charge in [0.15, 0.2) is 0 Å². The van der Waals surface area contributed by atoms with Crippen molar-refractivity contribution in [1.82, 2.24) is 10.6 Å². The number of ether oxygens (including phenoxy) is 1. The first-order chi connectivity index (χ1) is 12.1. The number of hydrogen-bond acceptors (Lipinski definition) is 3. The topological polar surface area (TPSA) is 70.6 Å². The number of carbonyl (C=O) groups excluding carboxylic acids is 1. The molecule has 2 aromatic carbocycles. The van der Waals surface area contributed by atoms with E-state index in [1.54, 1.807) is 0 Å². The van der Waals surface area contributed by atoms with Crippen molar-refractivity contribution >= 4 is 6.03 Å². The maximum atomic E-state index is 12.8. The fourth-order valence-corrected chi connectivity index (χ4v) is 2.77. The maximum absolute atomic E-state index is 12.8. The largest absolute Gasteiger partial charge is 0.493 e. The van der Waals surface area contributed by atoms with Crippen LogP contribution in [-0.2, 0) is 12.8 Å². The first-order valence-electron chi connectivity index (χ1n) is 8.31. The van der Waals surface area contributed by atoms with E-state index in [1.165, 1.54) is 29.8 Å². The minimum absolute atomic E-state index is 0.0631. The first-order valence-corrected chi connectivity index (χ1v) is 8.31. The molecule has 1 unspecified atom stereocenters. The van der Waals surface area contributed by atoms with Crippen molar-refractivity contribution in [2.24, 2.45) is 0 Å². The van der Waals surface area contributed by atoms with E-state index in [0.29, 0.717) is 12.1 Å². The predicted octanol–water partition coefficient (Wildman–Crippen LogP) is 2.34. The third-order valence-corrected chi connectivity index (χ3v) is 4.16. The lowest BCUT2D eigenvalue weighted by molar-refractivity contribution is 0.173. The van der Waals surface area contributed by atoms with E-state index in [2.05, 4.69) is 16.7 Å². The molecule has 1 heterocycles. The molecule has 2 aromatic rings.